The number of ketones is 2. The van der Waals surface area contributed by atoms with Crippen LogP contribution in [0.5, 0.6) is 0 Å². The Bertz CT molecular complexity index is 1590. The molecule has 0 aliphatic rings. The van der Waals surface area contributed by atoms with Crippen molar-refractivity contribution in [3.05, 3.63) is 87.3 Å². The van der Waals surface area contributed by atoms with Crippen molar-refractivity contribution in [2.45, 2.75) is 47.0 Å². The Morgan fingerprint density at radius 1 is 1.03 bits per heavy atom. The highest BCUT2D eigenvalue weighted by Gasteiger charge is 2.27. The molecule has 1 N–H and O–H groups in total. The molecule has 1 aromatic heterocycles. The van der Waals surface area contributed by atoms with E-state index >= 15 is 4.39 Å². The zero-order chi connectivity index (χ0) is 29.3. The number of aromatic nitrogens is 1. The Morgan fingerprint density at radius 2 is 1.64 bits per heavy atom. The summed E-state index contributed by atoms with van der Waals surface area (Å²) in [7, 11) is -2.37. The lowest BCUT2D eigenvalue weighted by atomic mass is 9.81. The summed E-state index contributed by atoms with van der Waals surface area (Å²) in [5, 5.41) is 0. The molecule has 39 heavy (non-hydrogen) atoms. The molecule has 0 unspecified atom stereocenters. The number of anilines is 1. The molecule has 1 atom stereocenters. The van der Waals surface area contributed by atoms with Crippen molar-refractivity contribution in [1.29, 1.82) is 0 Å². The van der Waals surface area contributed by atoms with E-state index in [-0.39, 0.29) is 45.9 Å². The Balaban J connectivity index is 2.32. The van der Waals surface area contributed by atoms with E-state index in [2.05, 4.69) is 4.72 Å². The largest absolute Gasteiger partial charge is 0.318 e. The molecule has 2 aromatic carbocycles. The van der Waals surface area contributed by atoms with Gasteiger partial charge in [-0.2, -0.15) is 0 Å². The first kappa shape index (κ1) is 29.9. The lowest BCUT2D eigenvalue weighted by Crippen LogP contribution is -2.23. The van der Waals surface area contributed by atoms with Crippen molar-refractivity contribution in [2.75, 3.05) is 10.5 Å². The minimum absolute atomic E-state index is 0.0419. The van der Waals surface area contributed by atoms with Gasteiger partial charge in [0.15, 0.2) is 5.78 Å². The van der Waals surface area contributed by atoms with Gasteiger partial charge in [-0.3, -0.25) is 19.1 Å². The molecule has 0 fully saturated rings. The Kier molecular flexibility index (Phi) is 8.60. The maximum absolute atomic E-state index is 15.2. The Labute approximate surface area is 226 Å². The van der Waals surface area contributed by atoms with Crippen molar-refractivity contribution in [2.24, 2.45) is 12.5 Å². The van der Waals surface area contributed by atoms with E-state index in [9.17, 15) is 27.2 Å². The fourth-order valence-corrected chi connectivity index (χ4v) is 4.67. The number of benzene rings is 2. The summed E-state index contributed by atoms with van der Waals surface area (Å²) in [4.78, 5) is 39.0. The number of pyridine rings is 1. The van der Waals surface area contributed by atoms with Crippen LogP contribution in [-0.4, -0.2) is 30.3 Å². The number of carbonyl (C=O) groups is 2. The van der Waals surface area contributed by atoms with E-state index < -0.39 is 38.8 Å². The van der Waals surface area contributed by atoms with Crippen LogP contribution < -0.4 is 10.3 Å². The lowest BCUT2D eigenvalue weighted by molar-refractivity contribution is -0.126. The molecule has 0 amide bonds. The van der Waals surface area contributed by atoms with Gasteiger partial charge in [0.1, 0.15) is 17.4 Å². The highest BCUT2D eigenvalue weighted by Crippen LogP contribution is 2.37. The first-order chi connectivity index (χ1) is 18.0. The topological polar surface area (TPSA) is 102 Å². The van der Waals surface area contributed by atoms with E-state index in [0.717, 1.165) is 18.2 Å². The molecular weight excluding hydrogens is 526 g/mol. The third-order valence-electron chi connectivity index (χ3n) is 6.51. The van der Waals surface area contributed by atoms with Crippen LogP contribution in [0.15, 0.2) is 53.5 Å². The zero-order valence-electron chi connectivity index (χ0n) is 22.8. The average Bonchev–Trinajstić information content (AvgIpc) is 2.85. The summed E-state index contributed by atoms with van der Waals surface area (Å²) in [5.41, 5.74) is -0.438. The van der Waals surface area contributed by atoms with Gasteiger partial charge in [0.2, 0.25) is 10.0 Å². The monoisotopic (exact) mass is 558 g/mol. The Morgan fingerprint density at radius 3 is 2.21 bits per heavy atom. The molecule has 3 rings (SSSR count). The summed E-state index contributed by atoms with van der Waals surface area (Å²) in [6.45, 7) is 8.54. The van der Waals surface area contributed by atoms with Gasteiger partial charge in [0, 0.05) is 47.8 Å². The van der Waals surface area contributed by atoms with Crippen LogP contribution in [0.4, 0.5) is 14.5 Å². The Hall–Kier alpha value is -3.66. The summed E-state index contributed by atoms with van der Waals surface area (Å²) >= 11 is 0. The van der Waals surface area contributed by atoms with Gasteiger partial charge in [-0.25, -0.2) is 17.2 Å². The van der Waals surface area contributed by atoms with Gasteiger partial charge in [-0.15, -0.1) is 0 Å². The number of rotatable bonds is 9. The normalized spacial score (nSPS) is 12.7. The standard InChI is InChI=1S/C29H32F2N2O5S/c1-7-39(37,38)32-25-14-21(22(13-24(25)31)28(36)18-8-10-19(30)11-9-18)23-16-33(6)27(35)15-20(23)17(2)12-26(34)29(3,4)5/h8-11,13-17,32H,7,12H2,1-6H3/t17-/m1/s1. The van der Waals surface area contributed by atoms with Crippen LogP contribution in [0.3, 0.4) is 0 Å². The average molecular weight is 559 g/mol. The van der Waals surface area contributed by atoms with Gasteiger partial charge in [0.25, 0.3) is 5.56 Å². The molecule has 7 nitrogen and oxygen atoms in total. The van der Waals surface area contributed by atoms with Gasteiger partial charge >= 0.3 is 0 Å². The molecular formula is C29H32F2N2O5S. The second-order valence-electron chi connectivity index (χ2n) is 10.6. The molecule has 0 saturated carbocycles. The van der Waals surface area contributed by atoms with Crippen LogP contribution in [0.2, 0.25) is 0 Å². The summed E-state index contributed by atoms with van der Waals surface area (Å²) in [6.07, 6.45) is 1.57. The molecule has 1 heterocycles. The molecule has 3 aromatic rings. The van der Waals surface area contributed by atoms with Crippen LogP contribution in [0, 0.1) is 17.0 Å². The molecule has 208 valence electrons. The van der Waals surface area contributed by atoms with Gasteiger partial charge < -0.3 is 4.57 Å². The van der Waals surface area contributed by atoms with Crippen LogP contribution >= 0.6 is 0 Å². The van der Waals surface area contributed by atoms with E-state index in [1.165, 1.54) is 49.0 Å². The molecule has 10 heteroatoms. The van der Waals surface area contributed by atoms with Crippen molar-refractivity contribution in [3.8, 4) is 11.1 Å². The SMILES string of the molecule is CCS(=O)(=O)Nc1cc(-c2cn(C)c(=O)cc2[C@H](C)CC(=O)C(C)(C)C)c(C(=O)c2ccc(F)cc2)cc1F. The molecule has 0 bridgehead atoms. The van der Waals surface area contributed by atoms with E-state index in [0.29, 0.717) is 11.1 Å². The number of carbonyl (C=O) groups excluding carboxylic acids is 2. The fraction of sp³-hybridized carbons (Fsp3) is 0.345. The van der Waals surface area contributed by atoms with E-state index in [1.807, 2.05) is 0 Å². The second kappa shape index (κ2) is 11.2. The molecule has 0 aliphatic heterocycles. The summed E-state index contributed by atoms with van der Waals surface area (Å²) in [6, 6.07) is 8.23. The first-order valence-electron chi connectivity index (χ1n) is 12.4. The van der Waals surface area contributed by atoms with Crippen molar-refractivity contribution >= 4 is 27.3 Å². The fourth-order valence-electron chi connectivity index (χ4n) is 4.03. The highest BCUT2D eigenvalue weighted by molar-refractivity contribution is 7.92. The third-order valence-corrected chi connectivity index (χ3v) is 7.80. The number of nitrogens with one attached hydrogen (secondary N) is 1. The number of nitrogens with zero attached hydrogens (tertiary/aromatic N) is 1. The van der Waals surface area contributed by atoms with Gasteiger partial charge in [-0.1, -0.05) is 27.7 Å². The maximum Gasteiger partial charge on any atom is 0.250 e. The van der Waals surface area contributed by atoms with Crippen LogP contribution in [0.1, 0.15) is 68.4 Å². The molecule has 0 aliphatic carbocycles. The maximum atomic E-state index is 15.2. The number of aryl methyl sites for hydroxylation is 1. The van der Waals surface area contributed by atoms with Crippen molar-refractivity contribution < 1.29 is 26.8 Å². The predicted molar refractivity (Wildman–Crippen MR) is 147 cm³/mol. The summed E-state index contributed by atoms with van der Waals surface area (Å²) in [5.74, 6) is -2.99. The van der Waals surface area contributed by atoms with Crippen molar-refractivity contribution in [1.82, 2.24) is 4.57 Å². The molecule has 0 saturated heterocycles. The minimum Gasteiger partial charge on any atom is -0.318 e. The third kappa shape index (κ3) is 6.86. The lowest BCUT2D eigenvalue weighted by Gasteiger charge is -2.23. The first-order valence-corrected chi connectivity index (χ1v) is 14.1. The van der Waals surface area contributed by atoms with E-state index in [1.54, 1.807) is 27.7 Å². The van der Waals surface area contributed by atoms with Gasteiger partial charge in [-0.05, 0) is 60.4 Å². The number of hydrogen-bond acceptors (Lipinski definition) is 5. The molecule has 0 radical (unpaired) electrons. The number of hydrogen-bond donors (Lipinski definition) is 1. The van der Waals surface area contributed by atoms with E-state index in [4.69, 9.17) is 0 Å². The smallest absolute Gasteiger partial charge is 0.250 e. The minimum atomic E-state index is -3.87. The number of halogens is 2. The quantitative estimate of drug-likeness (QED) is 0.353. The highest BCUT2D eigenvalue weighted by atomic mass is 32.2. The number of Topliss-reactive ketones (excluding diaryl/α,β-unsaturated/α-hetero) is 1. The molecule has 0 spiro atoms. The van der Waals surface area contributed by atoms with Crippen molar-refractivity contribution in [3.63, 3.8) is 0 Å². The second-order valence-corrected chi connectivity index (χ2v) is 12.6. The van der Waals surface area contributed by atoms with Gasteiger partial charge in [0.05, 0.1) is 11.4 Å². The summed E-state index contributed by atoms with van der Waals surface area (Å²) < 4.78 is 56.8. The number of sulfonamides is 1. The zero-order valence-corrected chi connectivity index (χ0v) is 23.6. The van der Waals surface area contributed by atoms with Crippen LogP contribution in [0.25, 0.3) is 11.1 Å². The predicted octanol–water partition coefficient (Wildman–Crippen LogP) is 5.43. The van der Waals surface area contributed by atoms with Crippen LogP contribution in [-0.2, 0) is 21.9 Å².